The summed E-state index contributed by atoms with van der Waals surface area (Å²) in [4.78, 5) is 4.13. The van der Waals surface area contributed by atoms with Gasteiger partial charge in [-0.05, 0) is 31.6 Å². The van der Waals surface area contributed by atoms with Crippen LogP contribution in [0, 0.1) is 17.2 Å². The molecule has 4 heteroatoms. The minimum Gasteiger partial charge on any atom is -0.370 e. The van der Waals surface area contributed by atoms with Gasteiger partial charge < -0.3 is 10.6 Å². The van der Waals surface area contributed by atoms with Crippen molar-refractivity contribution in [1.82, 2.24) is 10.3 Å². The Balaban J connectivity index is 2.47. The number of hydrogen-bond acceptors (Lipinski definition) is 4. The number of nitrogens with one attached hydrogen (secondary N) is 2. The molecule has 0 fully saturated rings. The van der Waals surface area contributed by atoms with E-state index in [0.717, 1.165) is 18.9 Å². The molecule has 1 atom stereocenters. The van der Waals surface area contributed by atoms with Gasteiger partial charge >= 0.3 is 0 Å². The summed E-state index contributed by atoms with van der Waals surface area (Å²) in [5, 5.41) is 15.0. The predicted molar refractivity (Wildman–Crippen MR) is 60.5 cm³/mol. The van der Waals surface area contributed by atoms with Crippen molar-refractivity contribution >= 4 is 5.82 Å². The highest BCUT2D eigenvalue weighted by Gasteiger charge is 2.01. The summed E-state index contributed by atoms with van der Waals surface area (Å²) in [6, 6.07) is 7.41. The highest BCUT2D eigenvalue weighted by molar-refractivity contribution is 5.38. The summed E-state index contributed by atoms with van der Waals surface area (Å²) in [5.41, 5.74) is 0.446. The number of nitriles is 1. The zero-order valence-electron chi connectivity index (χ0n) is 9.12. The highest BCUT2D eigenvalue weighted by Crippen LogP contribution is 2.04. The zero-order valence-corrected chi connectivity index (χ0v) is 9.12. The van der Waals surface area contributed by atoms with Crippen molar-refractivity contribution in [2.75, 3.05) is 25.5 Å². The van der Waals surface area contributed by atoms with Crippen LogP contribution in [0.4, 0.5) is 5.82 Å². The lowest BCUT2D eigenvalue weighted by atomic mass is 10.2. The van der Waals surface area contributed by atoms with Gasteiger partial charge in [0.1, 0.15) is 17.6 Å². The van der Waals surface area contributed by atoms with Crippen molar-refractivity contribution in [3.05, 3.63) is 23.9 Å². The Kier molecular flexibility index (Phi) is 4.58. The van der Waals surface area contributed by atoms with E-state index in [4.69, 9.17) is 5.26 Å². The molecule has 0 bridgehead atoms. The third-order valence-corrected chi connectivity index (χ3v) is 2.05. The molecule has 1 aromatic rings. The molecule has 0 aliphatic heterocycles. The van der Waals surface area contributed by atoms with Crippen LogP contribution in [0.5, 0.6) is 0 Å². The maximum atomic E-state index is 8.67. The van der Waals surface area contributed by atoms with Gasteiger partial charge in [0.2, 0.25) is 0 Å². The van der Waals surface area contributed by atoms with E-state index in [1.165, 1.54) is 0 Å². The van der Waals surface area contributed by atoms with Crippen LogP contribution in [0.15, 0.2) is 18.2 Å². The van der Waals surface area contributed by atoms with Crippen molar-refractivity contribution in [3.63, 3.8) is 0 Å². The van der Waals surface area contributed by atoms with E-state index < -0.39 is 0 Å². The normalized spacial score (nSPS) is 11.8. The molecule has 4 nitrogen and oxygen atoms in total. The lowest BCUT2D eigenvalue weighted by Crippen LogP contribution is -2.23. The summed E-state index contributed by atoms with van der Waals surface area (Å²) < 4.78 is 0. The molecule has 1 aromatic heterocycles. The highest BCUT2D eigenvalue weighted by atomic mass is 15.0. The molecule has 2 N–H and O–H groups in total. The van der Waals surface area contributed by atoms with E-state index in [9.17, 15) is 0 Å². The number of aromatic nitrogens is 1. The van der Waals surface area contributed by atoms with Crippen LogP contribution in [-0.2, 0) is 0 Å². The van der Waals surface area contributed by atoms with E-state index in [0.29, 0.717) is 11.6 Å². The van der Waals surface area contributed by atoms with Crippen LogP contribution in [0.1, 0.15) is 12.6 Å². The average molecular weight is 204 g/mol. The van der Waals surface area contributed by atoms with Gasteiger partial charge in [-0.3, -0.25) is 0 Å². The first-order valence-corrected chi connectivity index (χ1v) is 5.02. The summed E-state index contributed by atoms with van der Waals surface area (Å²) in [6.45, 7) is 3.96. The Morgan fingerprint density at radius 2 is 2.27 bits per heavy atom. The number of nitrogens with zero attached hydrogens (tertiary/aromatic N) is 2. The third kappa shape index (κ3) is 3.96. The van der Waals surface area contributed by atoms with Crippen molar-refractivity contribution in [3.8, 4) is 6.07 Å². The molecular weight excluding hydrogens is 188 g/mol. The molecule has 0 aliphatic rings. The van der Waals surface area contributed by atoms with Gasteiger partial charge in [0.25, 0.3) is 0 Å². The Labute approximate surface area is 90.3 Å². The number of rotatable bonds is 5. The Bertz CT molecular complexity index is 343. The summed E-state index contributed by atoms with van der Waals surface area (Å²) in [5.74, 6) is 1.29. The van der Waals surface area contributed by atoms with E-state index in [1.54, 1.807) is 6.07 Å². The first-order chi connectivity index (χ1) is 7.26. The summed E-state index contributed by atoms with van der Waals surface area (Å²) >= 11 is 0. The molecular formula is C11H16N4. The zero-order chi connectivity index (χ0) is 11.1. The lowest BCUT2D eigenvalue weighted by molar-refractivity contribution is 0.569. The second-order valence-corrected chi connectivity index (χ2v) is 3.56. The predicted octanol–water partition coefficient (Wildman–Crippen LogP) is 1.22. The molecule has 0 radical (unpaired) electrons. The average Bonchev–Trinajstić information content (AvgIpc) is 2.27. The molecule has 0 aliphatic carbocycles. The molecule has 15 heavy (non-hydrogen) atoms. The quantitative estimate of drug-likeness (QED) is 0.757. The summed E-state index contributed by atoms with van der Waals surface area (Å²) in [6.07, 6.45) is 0. The van der Waals surface area contributed by atoms with Crippen LogP contribution >= 0.6 is 0 Å². The second-order valence-electron chi connectivity index (χ2n) is 3.56. The number of anilines is 1. The maximum absolute atomic E-state index is 8.67. The molecule has 0 amide bonds. The fourth-order valence-electron chi connectivity index (χ4n) is 1.29. The molecule has 1 rings (SSSR count). The topological polar surface area (TPSA) is 60.7 Å². The first kappa shape index (κ1) is 11.5. The van der Waals surface area contributed by atoms with Gasteiger partial charge in [0, 0.05) is 6.54 Å². The fourth-order valence-corrected chi connectivity index (χ4v) is 1.29. The van der Waals surface area contributed by atoms with Crippen LogP contribution in [0.2, 0.25) is 0 Å². The SMILES string of the molecule is CNCC(C)CNc1cccc(C#N)n1. The van der Waals surface area contributed by atoms with Gasteiger partial charge in [-0.25, -0.2) is 4.98 Å². The molecule has 0 spiro atoms. The Hall–Kier alpha value is -1.60. The van der Waals surface area contributed by atoms with Gasteiger partial charge in [-0.2, -0.15) is 5.26 Å². The minimum absolute atomic E-state index is 0.446. The van der Waals surface area contributed by atoms with E-state index in [2.05, 4.69) is 22.5 Å². The summed E-state index contributed by atoms with van der Waals surface area (Å²) in [7, 11) is 1.94. The van der Waals surface area contributed by atoms with Crippen molar-refractivity contribution in [2.45, 2.75) is 6.92 Å². The van der Waals surface area contributed by atoms with E-state index in [-0.39, 0.29) is 0 Å². The van der Waals surface area contributed by atoms with Crippen LogP contribution in [0.3, 0.4) is 0 Å². The largest absolute Gasteiger partial charge is 0.370 e. The Morgan fingerprint density at radius 3 is 2.93 bits per heavy atom. The van der Waals surface area contributed by atoms with Crippen LogP contribution in [-0.4, -0.2) is 25.1 Å². The lowest BCUT2D eigenvalue weighted by Gasteiger charge is -2.12. The third-order valence-electron chi connectivity index (χ3n) is 2.05. The van der Waals surface area contributed by atoms with Crippen LogP contribution in [0.25, 0.3) is 0 Å². The van der Waals surface area contributed by atoms with Gasteiger partial charge in [-0.15, -0.1) is 0 Å². The van der Waals surface area contributed by atoms with Crippen molar-refractivity contribution in [1.29, 1.82) is 5.26 Å². The second kappa shape index (κ2) is 5.99. The smallest absolute Gasteiger partial charge is 0.142 e. The van der Waals surface area contributed by atoms with E-state index in [1.807, 2.05) is 25.2 Å². The molecule has 0 saturated heterocycles. The van der Waals surface area contributed by atoms with Gasteiger partial charge in [-0.1, -0.05) is 13.0 Å². The van der Waals surface area contributed by atoms with Gasteiger partial charge in [0.15, 0.2) is 0 Å². The minimum atomic E-state index is 0.446. The number of pyridine rings is 1. The number of hydrogen-bond donors (Lipinski definition) is 2. The van der Waals surface area contributed by atoms with Crippen LogP contribution < -0.4 is 10.6 Å². The molecule has 1 heterocycles. The first-order valence-electron chi connectivity index (χ1n) is 5.02. The standard InChI is InChI=1S/C11H16N4/c1-9(7-13-2)8-14-11-5-3-4-10(6-12)15-11/h3-5,9,13H,7-8H2,1-2H3,(H,14,15). The van der Waals surface area contributed by atoms with E-state index >= 15 is 0 Å². The molecule has 80 valence electrons. The monoisotopic (exact) mass is 204 g/mol. The molecule has 1 unspecified atom stereocenters. The molecule has 0 saturated carbocycles. The fraction of sp³-hybridized carbons (Fsp3) is 0.455. The van der Waals surface area contributed by atoms with Crippen molar-refractivity contribution < 1.29 is 0 Å². The maximum Gasteiger partial charge on any atom is 0.142 e. The molecule has 0 aromatic carbocycles. The Morgan fingerprint density at radius 1 is 1.47 bits per heavy atom. The van der Waals surface area contributed by atoms with Crippen molar-refractivity contribution in [2.24, 2.45) is 5.92 Å². The van der Waals surface area contributed by atoms with Gasteiger partial charge in [0.05, 0.1) is 0 Å².